The van der Waals surface area contributed by atoms with Gasteiger partial charge in [0.25, 0.3) is 0 Å². The van der Waals surface area contributed by atoms with Crippen molar-refractivity contribution in [1.29, 1.82) is 0 Å². The molecule has 1 fully saturated rings. The van der Waals surface area contributed by atoms with E-state index < -0.39 is 0 Å². The molecule has 1 aliphatic heterocycles. The molecule has 0 spiro atoms. The second kappa shape index (κ2) is 3.58. The maximum atomic E-state index is 2.76. The predicted octanol–water partition coefficient (Wildman–Crippen LogP) is -2.80. The lowest BCUT2D eigenvalue weighted by atomic mass is 10.9. The molecule has 0 bridgehead atoms. The predicted molar refractivity (Wildman–Crippen MR) is 75.0 cm³/mol. The molecule has 1 rings (SSSR count). The van der Waals surface area contributed by atoms with Crippen molar-refractivity contribution in [2.24, 2.45) is 0 Å². The third kappa shape index (κ3) is 1.31. The molecule has 11 heavy (non-hydrogen) atoms. The Bertz CT molecular complexity index is 132. The molecular weight excluding hydrogens is 229 g/mol. The van der Waals surface area contributed by atoms with Crippen LogP contribution in [0.3, 0.4) is 0 Å². The fourth-order valence-corrected chi connectivity index (χ4v) is 89.3. The van der Waals surface area contributed by atoms with Gasteiger partial charge in [-0.25, -0.2) is 0 Å². The third-order valence-corrected chi connectivity index (χ3v) is 82.5. The molecular formula is C5H22Si6. The first kappa shape index (κ1) is 10.4. The molecule has 0 aromatic carbocycles. The van der Waals surface area contributed by atoms with E-state index >= 15 is 0 Å². The summed E-state index contributed by atoms with van der Waals surface area (Å²) < 4.78 is 0. The molecule has 0 saturated carbocycles. The molecule has 0 nitrogen and oxygen atoms in total. The van der Waals surface area contributed by atoms with Crippen LogP contribution < -0.4 is 0 Å². The van der Waals surface area contributed by atoms with Crippen LogP contribution in [0.25, 0.3) is 0 Å². The van der Waals surface area contributed by atoms with E-state index in [-0.39, 0.29) is 14.9 Å². The average molecular weight is 251 g/mol. The number of hydrogen-bond donors (Lipinski definition) is 0. The van der Waals surface area contributed by atoms with E-state index in [1.165, 1.54) is 10.3 Å². The fourth-order valence-electron chi connectivity index (χ4n) is 3.31. The molecule has 0 amide bonds. The highest BCUT2D eigenvalue weighted by atomic mass is 29.9. The number of rotatable bonds is 2. The lowest BCUT2D eigenvalue weighted by Crippen LogP contribution is -2.74. The lowest BCUT2D eigenvalue weighted by molar-refractivity contribution is 1.15. The Hall–Kier alpha value is 1.30. The van der Waals surface area contributed by atoms with Crippen molar-refractivity contribution in [1.82, 2.24) is 0 Å². The first-order valence-corrected chi connectivity index (χ1v) is 20.6. The Morgan fingerprint density at radius 1 is 1.27 bits per heavy atom. The van der Waals surface area contributed by atoms with Crippen LogP contribution in [-0.4, -0.2) is 53.5 Å². The Morgan fingerprint density at radius 2 is 1.73 bits per heavy atom. The van der Waals surface area contributed by atoms with Crippen molar-refractivity contribution in [2.75, 3.05) is 0 Å². The minimum Gasteiger partial charge on any atom is -0.0770 e. The minimum atomic E-state index is -0.247. The molecule has 1 heterocycles. The van der Waals surface area contributed by atoms with Gasteiger partial charge in [-0.3, -0.25) is 0 Å². The van der Waals surface area contributed by atoms with Gasteiger partial charge in [0.2, 0.25) is 0 Å². The van der Waals surface area contributed by atoms with Crippen LogP contribution in [0.4, 0.5) is 0 Å². The summed E-state index contributed by atoms with van der Waals surface area (Å²) in [5.74, 6) is 0. The zero-order valence-electron chi connectivity index (χ0n) is 8.65. The quantitative estimate of drug-likeness (QED) is 0.465. The van der Waals surface area contributed by atoms with Crippen LogP contribution in [0.1, 0.15) is 0 Å². The standard InChI is InChI=1S/C5H22Si6/c1-8-11(9-2)5(7)4(6)10(11)3/h4-5,10H,8-9H2,1-3,6-7H3. The van der Waals surface area contributed by atoms with Crippen LogP contribution in [0.2, 0.25) is 30.0 Å². The summed E-state index contributed by atoms with van der Waals surface area (Å²) in [6.07, 6.45) is 0. The van der Waals surface area contributed by atoms with E-state index in [0.717, 1.165) is 0 Å². The zero-order chi connectivity index (χ0) is 8.65. The summed E-state index contributed by atoms with van der Waals surface area (Å²) >= 11 is 0. The fraction of sp³-hybridized carbons (Fsp3) is 1.00. The van der Waals surface area contributed by atoms with E-state index in [1.807, 2.05) is 0 Å². The van der Waals surface area contributed by atoms with Gasteiger partial charge in [-0.1, -0.05) is 30.0 Å². The van der Waals surface area contributed by atoms with Crippen LogP contribution >= 0.6 is 0 Å². The summed E-state index contributed by atoms with van der Waals surface area (Å²) in [6, 6.07) is 0. The van der Waals surface area contributed by atoms with Gasteiger partial charge in [0, 0.05) is 53.5 Å². The van der Waals surface area contributed by atoms with Gasteiger partial charge in [-0.2, -0.15) is 0 Å². The SMILES string of the molecule is C[SiH2][Si]1([SiH2]C)C([SiH3])C([SiH3])[SiH]1C. The minimum absolute atomic E-state index is 0.0131. The molecule has 0 radical (unpaired) electrons. The number of hydrogen-bond acceptors (Lipinski definition) is 0. The summed E-state index contributed by atoms with van der Waals surface area (Å²) in [4.78, 5) is 0. The largest absolute Gasteiger partial charge is 0.0770 e. The second-order valence-corrected chi connectivity index (χ2v) is 43.1. The molecule has 1 aliphatic rings. The van der Waals surface area contributed by atoms with Gasteiger partial charge in [0.1, 0.15) is 0 Å². The van der Waals surface area contributed by atoms with Crippen molar-refractivity contribution >= 4 is 53.5 Å². The van der Waals surface area contributed by atoms with Crippen molar-refractivity contribution in [2.45, 2.75) is 30.0 Å². The summed E-state index contributed by atoms with van der Waals surface area (Å²) in [5, 5.41) is 2.90. The van der Waals surface area contributed by atoms with Crippen molar-refractivity contribution < 1.29 is 0 Å². The molecule has 66 valence electrons. The summed E-state index contributed by atoms with van der Waals surface area (Å²) in [7, 11) is 4.19. The normalized spacial score (nSPS) is 53.2. The van der Waals surface area contributed by atoms with Crippen LogP contribution in [0.15, 0.2) is 0 Å². The molecule has 1 saturated heterocycles. The first-order chi connectivity index (χ1) is 5.10. The Morgan fingerprint density at radius 3 is 1.91 bits per heavy atom. The van der Waals surface area contributed by atoms with Gasteiger partial charge < -0.3 is 0 Å². The van der Waals surface area contributed by atoms with Crippen LogP contribution in [0, 0.1) is 0 Å². The maximum Gasteiger partial charge on any atom is 0.0218 e. The van der Waals surface area contributed by atoms with Crippen molar-refractivity contribution in [3.8, 4) is 0 Å². The highest BCUT2D eigenvalue weighted by molar-refractivity contribution is 7.78. The highest BCUT2D eigenvalue weighted by Gasteiger charge is 2.54. The van der Waals surface area contributed by atoms with Crippen LogP contribution in [-0.2, 0) is 0 Å². The molecule has 0 aromatic heterocycles. The Labute approximate surface area is 83.4 Å². The van der Waals surface area contributed by atoms with Crippen molar-refractivity contribution in [3.05, 3.63) is 0 Å². The van der Waals surface area contributed by atoms with Crippen molar-refractivity contribution in [3.63, 3.8) is 0 Å². The Balaban J connectivity index is 2.70. The topological polar surface area (TPSA) is 0 Å². The first-order valence-electron chi connectivity index (χ1n) is 5.10. The maximum absolute atomic E-state index is 2.76. The molecule has 0 aromatic rings. The lowest BCUT2D eigenvalue weighted by Gasteiger charge is -2.57. The third-order valence-electron chi connectivity index (χ3n) is 4.71. The van der Waals surface area contributed by atoms with E-state index in [9.17, 15) is 0 Å². The monoisotopic (exact) mass is 250 g/mol. The molecule has 0 N–H and O–H groups in total. The smallest absolute Gasteiger partial charge is 0.0218 e. The van der Waals surface area contributed by atoms with Gasteiger partial charge >= 0.3 is 0 Å². The van der Waals surface area contributed by atoms with Gasteiger partial charge in [-0.05, 0) is 0 Å². The summed E-state index contributed by atoms with van der Waals surface area (Å²) in [5.41, 5.74) is 0. The summed E-state index contributed by atoms with van der Waals surface area (Å²) in [6.45, 7) is 7.82. The van der Waals surface area contributed by atoms with E-state index in [4.69, 9.17) is 0 Å². The van der Waals surface area contributed by atoms with Crippen LogP contribution in [0.5, 0.6) is 0 Å². The molecule has 0 aliphatic carbocycles. The highest BCUT2D eigenvalue weighted by Crippen LogP contribution is 2.44. The molecule has 3 unspecified atom stereocenters. The van der Waals surface area contributed by atoms with E-state index in [1.54, 1.807) is 20.5 Å². The van der Waals surface area contributed by atoms with Gasteiger partial charge in [0.05, 0.1) is 0 Å². The van der Waals surface area contributed by atoms with Gasteiger partial charge in [-0.15, -0.1) is 0 Å². The average Bonchev–Trinajstić information content (AvgIpc) is 2.06. The van der Waals surface area contributed by atoms with E-state index in [2.05, 4.69) is 19.6 Å². The van der Waals surface area contributed by atoms with Gasteiger partial charge in [0.15, 0.2) is 0 Å². The van der Waals surface area contributed by atoms with E-state index in [0.29, 0.717) is 18.1 Å². The second-order valence-electron chi connectivity index (χ2n) is 4.38. The zero-order valence-corrected chi connectivity index (χ0v) is 17.6. The molecule has 3 atom stereocenters. The molecule has 6 heteroatoms. The Kier molecular flexibility index (Phi) is 3.38.